The van der Waals surface area contributed by atoms with Crippen molar-refractivity contribution in [2.24, 2.45) is 0 Å². The fraction of sp³-hybridized carbons (Fsp3) is 0.333. The van der Waals surface area contributed by atoms with E-state index < -0.39 is 10.0 Å². The van der Waals surface area contributed by atoms with Crippen LogP contribution >= 0.6 is 11.3 Å². The highest BCUT2D eigenvalue weighted by Gasteiger charge is 2.28. The van der Waals surface area contributed by atoms with E-state index in [2.05, 4.69) is 15.0 Å². The Morgan fingerprint density at radius 2 is 2.29 bits per heavy atom. The van der Waals surface area contributed by atoms with Crippen molar-refractivity contribution in [3.63, 3.8) is 0 Å². The number of carbonyl (C=O) groups excluding carboxylic acids is 1. The second-order valence-electron chi connectivity index (χ2n) is 5.35. The van der Waals surface area contributed by atoms with Gasteiger partial charge in [-0.2, -0.15) is 0 Å². The lowest BCUT2D eigenvalue weighted by Crippen LogP contribution is -2.51. The summed E-state index contributed by atoms with van der Waals surface area (Å²) < 4.78 is 26.9. The van der Waals surface area contributed by atoms with Crippen LogP contribution in [0.4, 0.5) is 0 Å². The van der Waals surface area contributed by atoms with Crippen LogP contribution in [0.2, 0.25) is 0 Å². The third kappa shape index (κ3) is 3.81. The van der Waals surface area contributed by atoms with E-state index in [-0.39, 0.29) is 22.7 Å². The van der Waals surface area contributed by atoms with E-state index in [4.69, 9.17) is 0 Å². The Balaban J connectivity index is 1.69. The van der Waals surface area contributed by atoms with Gasteiger partial charge in [-0.25, -0.2) is 13.1 Å². The Labute approximate surface area is 144 Å². The smallest absolute Gasteiger partial charge is 0.250 e. The highest BCUT2D eigenvalue weighted by Crippen LogP contribution is 2.21. The molecule has 24 heavy (non-hydrogen) atoms. The lowest BCUT2D eigenvalue weighted by atomic mass is 10.1. The van der Waals surface area contributed by atoms with Crippen molar-refractivity contribution in [1.82, 2.24) is 19.9 Å². The highest BCUT2D eigenvalue weighted by molar-refractivity contribution is 7.91. The minimum absolute atomic E-state index is 0.147. The summed E-state index contributed by atoms with van der Waals surface area (Å²) in [5.41, 5.74) is 0.930. The number of carbonyl (C=O) groups is 1. The second-order valence-corrected chi connectivity index (χ2v) is 8.29. The van der Waals surface area contributed by atoms with Gasteiger partial charge in [0.25, 0.3) is 10.0 Å². The molecule has 0 radical (unpaired) electrons. The SMILES string of the molecule is O=C(CNS(=O)(=O)c1cccs1)N1CCNCC1c1cccnc1. The standard InChI is InChI=1S/C15H18N4O3S2/c20-14(11-18-24(21,22)15-4-2-8-23-15)19-7-6-17-10-13(19)12-3-1-5-16-9-12/h1-5,8-9,13,17-18H,6-7,10-11H2. The molecule has 1 amide bonds. The van der Waals surface area contributed by atoms with Crippen LogP contribution in [-0.4, -0.2) is 50.4 Å². The molecule has 0 aromatic carbocycles. The average Bonchev–Trinajstić information content (AvgIpc) is 3.16. The third-order valence-corrected chi connectivity index (χ3v) is 6.60. The normalized spacial score (nSPS) is 18.5. The number of nitrogens with zero attached hydrogens (tertiary/aromatic N) is 2. The number of aromatic nitrogens is 1. The summed E-state index contributed by atoms with van der Waals surface area (Å²) in [7, 11) is -3.64. The molecule has 9 heteroatoms. The van der Waals surface area contributed by atoms with Crippen LogP contribution in [0.25, 0.3) is 0 Å². The summed E-state index contributed by atoms with van der Waals surface area (Å²) in [5, 5.41) is 4.94. The first kappa shape index (κ1) is 17.0. The summed E-state index contributed by atoms with van der Waals surface area (Å²) in [6.45, 7) is 1.57. The van der Waals surface area contributed by atoms with Crippen molar-refractivity contribution in [2.75, 3.05) is 26.2 Å². The predicted molar refractivity (Wildman–Crippen MR) is 91.1 cm³/mol. The maximum Gasteiger partial charge on any atom is 0.250 e. The molecule has 7 nitrogen and oxygen atoms in total. The van der Waals surface area contributed by atoms with E-state index in [9.17, 15) is 13.2 Å². The number of rotatable bonds is 5. The van der Waals surface area contributed by atoms with Gasteiger partial charge >= 0.3 is 0 Å². The molecule has 0 bridgehead atoms. The van der Waals surface area contributed by atoms with Gasteiger partial charge in [0.1, 0.15) is 4.21 Å². The monoisotopic (exact) mass is 366 g/mol. The number of thiophene rings is 1. The predicted octanol–water partition coefficient (Wildman–Crippen LogP) is 0.594. The highest BCUT2D eigenvalue weighted by atomic mass is 32.2. The van der Waals surface area contributed by atoms with Gasteiger partial charge in [0.2, 0.25) is 5.91 Å². The van der Waals surface area contributed by atoms with Gasteiger partial charge in [-0.1, -0.05) is 12.1 Å². The molecule has 1 saturated heterocycles. The quantitative estimate of drug-likeness (QED) is 0.808. The van der Waals surface area contributed by atoms with Crippen molar-refractivity contribution in [1.29, 1.82) is 0 Å². The molecule has 2 N–H and O–H groups in total. The van der Waals surface area contributed by atoms with Gasteiger partial charge in [-0.15, -0.1) is 11.3 Å². The first-order valence-electron chi connectivity index (χ1n) is 7.51. The average molecular weight is 366 g/mol. The molecule has 0 aliphatic carbocycles. The van der Waals surface area contributed by atoms with E-state index in [0.29, 0.717) is 19.6 Å². The molecule has 3 heterocycles. The van der Waals surface area contributed by atoms with Gasteiger partial charge in [0.05, 0.1) is 12.6 Å². The van der Waals surface area contributed by atoms with Gasteiger partial charge in [0, 0.05) is 32.0 Å². The number of nitrogens with one attached hydrogen (secondary N) is 2. The molecule has 128 valence electrons. The van der Waals surface area contributed by atoms with Crippen LogP contribution in [0.1, 0.15) is 11.6 Å². The lowest BCUT2D eigenvalue weighted by molar-refractivity contribution is -0.133. The van der Waals surface area contributed by atoms with Gasteiger partial charge < -0.3 is 10.2 Å². The summed E-state index contributed by atoms with van der Waals surface area (Å²) in [5.74, 6) is -0.245. The van der Waals surface area contributed by atoms with Gasteiger partial charge in [0.15, 0.2) is 0 Å². The molecule has 1 atom stereocenters. The molecule has 3 rings (SSSR count). The van der Waals surface area contributed by atoms with Crippen LogP contribution in [0, 0.1) is 0 Å². The van der Waals surface area contributed by atoms with Crippen LogP contribution in [0.15, 0.2) is 46.2 Å². The summed E-state index contributed by atoms with van der Waals surface area (Å²) >= 11 is 1.12. The number of piperazine rings is 1. The Kier molecular flexibility index (Phi) is 5.24. The van der Waals surface area contributed by atoms with Crippen molar-refractivity contribution in [2.45, 2.75) is 10.3 Å². The van der Waals surface area contributed by atoms with Crippen LogP contribution in [-0.2, 0) is 14.8 Å². The zero-order valence-electron chi connectivity index (χ0n) is 12.9. The molecule has 1 fully saturated rings. The lowest BCUT2D eigenvalue weighted by Gasteiger charge is -2.36. The Hall–Kier alpha value is -1.81. The van der Waals surface area contributed by atoms with Crippen molar-refractivity contribution < 1.29 is 13.2 Å². The zero-order valence-corrected chi connectivity index (χ0v) is 14.5. The third-order valence-electron chi connectivity index (χ3n) is 3.81. The number of amides is 1. The van der Waals surface area contributed by atoms with Crippen LogP contribution in [0.5, 0.6) is 0 Å². The second kappa shape index (κ2) is 7.39. The minimum Gasteiger partial charge on any atom is -0.332 e. The van der Waals surface area contributed by atoms with Gasteiger partial charge in [-0.3, -0.25) is 9.78 Å². The molecule has 2 aromatic heterocycles. The number of pyridine rings is 1. The fourth-order valence-electron chi connectivity index (χ4n) is 2.62. The fourth-order valence-corrected chi connectivity index (χ4v) is 4.63. The first-order chi connectivity index (χ1) is 11.6. The van der Waals surface area contributed by atoms with E-state index in [0.717, 1.165) is 16.9 Å². The molecule has 0 spiro atoms. The molecule has 1 unspecified atom stereocenters. The molecule has 2 aromatic rings. The van der Waals surface area contributed by atoms with Crippen LogP contribution in [0.3, 0.4) is 0 Å². The first-order valence-corrected chi connectivity index (χ1v) is 9.87. The summed E-state index contributed by atoms with van der Waals surface area (Å²) in [6.07, 6.45) is 3.41. The van der Waals surface area contributed by atoms with E-state index in [1.807, 2.05) is 12.1 Å². The Bertz CT molecular complexity index is 778. The molecular formula is C15H18N4O3S2. The van der Waals surface area contributed by atoms with E-state index in [1.54, 1.807) is 28.7 Å². The number of sulfonamides is 1. The maximum absolute atomic E-state index is 12.6. The zero-order chi connectivity index (χ0) is 17.0. The maximum atomic E-state index is 12.6. The Morgan fingerprint density at radius 3 is 3.00 bits per heavy atom. The topological polar surface area (TPSA) is 91.4 Å². The van der Waals surface area contributed by atoms with Gasteiger partial charge in [-0.05, 0) is 23.1 Å². The van der Waals surface area contributed by atoms with Crippen molar-refractivity contribution >= 4 is 27.3 Å². The number of hydrogen-bond donors (Lipinski definition) is 2. The molecule has 1 aliphatic heterocycles. The Morgan fingerprint density at radius 1 is 1.42 bits per heavy atom. The van der Waals surface area contributed by atoms with Crippen molar-refractivity contribution in [3.8, 4) is 0 Å². The molecular weight excluding hydrogens is 348 g/mol. The van der Waals surface area contributed by atoms with Crippen LogP contribution < -0.4 is 10.0 Å². The summed E-state index contributed by atoms with van der Waals surface area (Å²) in [6, 6.07) is 6.77. The van der Waals surface area contributed by atoms with E-state index >= 15 is 0 Å². The largest absolute Gasteiger partial charge is 0.332 e. The molecule has 1 aliphatic rings. The summed E-state index contributed by atoms with van der Waals surface area (Å²) in [4.78, 5) is 18.3. The number of hydrogen-bond acceptors (Lipinski definition) is 6. The minimum atomic E-state index is -3.64. The molecule has 0 saturated carbocycles. The van der Waals surface area contributed by atoms with Crippen molar-refractivity contribution in [3.05, 3.63) is 47.6 Å². The van der Waals surface area contributed by atoms with E-state index in [1.165, 1.54) is 6.07 Å².